The smallest absolute Gasteiger partial charge is 0.337 e. The van der Waals surface area contributed by atoms with Crippen LogP contribution >= 0.6 is 0 Å². The lowest BCUT2D eigenvalue weighted by Gasteiger charge is -2.31. The number of carbonyl (C=O) groups excluding carboxylic acids is 1. The number of fused-ring (bicyclic) bond motifs is 1. The number of hydrogen-bond acceptors (Lipinski definition) is 2. The molecular formula is C24H26O2. The Bertz CT molecular complexity index is 859. The average molecular weight is 346 g/mol. The molecule has 1 aliphatic rings. The normalized spacial score (nSPS) is 13.8. The summed E-state index contributed by atoms with van der Waals surface area (Å²) in [5, 5.41) is 0. The molecule has 0 aromatic heterocycles. The van der Waals surface area contributed by atoms with Crippen molar-refractivity contribution in [3.8, 4) is 11.8 Å². The van der Waals surface area contributed by atoms with Gasteiger partial charge in [-0.3, -0.25) is 0 Å². The summed E-state index contributed by atoms with van der Waals surface area (Å²) in [5.74, 6) is 5.35. The molecule has 26 heavy (non-hydrogen) atoms. The molecule has 2 aromatic carbocycles. The number of ether oxygens (including phenoxy) is 1. The van der Waals surface area contributed by atoms with Gasteiger partial charge in [0, 0.05) is 5.56 Å². The van der Waals surface area contributed by atoms with Crippen molar-refractivity contribution in [3.63, 3.8) is 0 Å². The van der Waals surface area contributed by atoms with E-state index in [-0.39, 0.29) is 5.97 Å². The number of esters is 1. The highest BCUT2D eigenvalue weighted by molar-refractivity contribution is 5.89. The van der Waals surface area contributed by atoms with Crippen molar-refractivity contribution in [2.24, 2.45) is 0 Å². The Labute approximate surface area is 156 Å². The third kappa shape index (κ3) is 4.64. The van der Waals surface area contributed by atoms with E-state index in [1.807, 2.05) is 0 Å². The summed E-state index contributed by atoms with van der Waals surface area (Å²) in [7, 11) is 1.36. The molecule has 0 heterocycles. The van der Waals surface area contributed by atoms with Crippen LogP contribution in [0, 0.1) is 11.8 Å². The molecule has 0 spiro atoms. The molecule has 134 valence electrons. The molecule has 0 atom stereocenters. The highest BCUT2D eigenvalue weighted by atomic mass is 16.5. The second-order valence-corrected chi connectivity index (χ2v) is 6.96. The van der Waals surface area contributed by atoms with Crippen LogP contribution in [0.2, 0.25) is 0 Å². The van der Waals surface area contributed by atoms with Crippen LogP contribution in [0.4, 0.5) is 0 Å². The Kier molecular flexibility index (Phi) is 6.41. The molecule has 0 fully saturated rings. The molecule has 0 aliphatic heterocycles. The fourth-order valence-electron chi connectivity index (χ4n) is 3.00. The van der Waals surface area contributed by atoms with Crippen molar-refractivity contribution in [1.82, 2.24) is 0 Å². The quantitative estimate of drug-likeness (QED) is 0.495. The highest BCUT2D eigenvalue weighted by Crippen LogP contribution is 2.38. The molecule has 2 nitrogen and oxygen atoms in total. The topological polar surface area (TPSA) is 26.3 Å². The molecule has 0 bridgehead atoms. The van der Waals surface area contributed by atoms with Crippen LogP contribution in [0.15, 0.2) is 54.6 Å². The predicted molar refractivity (Wildman–Crippen MR) is 108 cm³/mol. The zero-order valence-corrected chi connectivity index (χ0v) is 16.2. The summed E-state index contributed by atoms with van der Waals surface area (Å²) >= 11 is 0. The Morgan fingerprint density at radius 2 is 1.73 bits per heavy atom. The second kappa shape index (κ2) is 8.54. The summed E-state index contributed by atoms with van der Waals surface area (Å²) in [4.78, 5) is 11.0. The van der Waals surface area contributed by atoms with E-state index in [2.05, 4.69) is 67.7 Å². The van der Waals surface area contributed by atoms with Crippen molar-refractivity contribution in [3.05, 3.63) is 76.9 Å². The molecule has 0 amide bonds. The van der Waals surface area contributed by atoms with Crippen molar-refractivity contribution in [1.29, 1.82) is 0 Å². The minimum Gasteiger partial charge on any atom is -0.465 e. The number of benzene rings is 2. The van der Waals surface area contributed by atoms with Gasteiger partial charge in [0.15, 0.2) is 0 Å². The van der Waals surface area contributed by atoms with E-state index in [9.17, 15) is 4.79 Å². The summed E-state index contributed by atoms with van der Waals surface area (Å²) in [6.45, 7) is 8.60. The summed E-state index contributed by atoms with van der Waals surface area (Å²) in [6.07, 6.45) is 3.51. The van der Waals surface area contributed by atoms with Crippen molar-refractivity contribution in [2.45, 2.75) is 39.5 Å². The number of allylic oxidation sites excluding steroid dienone is 2. The fraction of sp³-hybridized carbons (Fsp3) is 0.292. The lowest BCUT2D eigenvalue weighted by molar-refractivity contribution is 0.0600. The van der Waals surface area contributed by atoms with Gasteiger partial charge in [-0.15, -0.1) is 5.92 Å². The third-order valence-electron chi connectivity index (χ3n) is 4.57. The number of methoxy groups -OCH3 is 1. The van der Waals surface area contributed by atoms with Crippen LogP contribution in [0.5, 0.6) is 0 Å². The first kappa shape index (κ1) is 19.5. The van der Waals surface area contributed by atoms with Crippen LogP contribution in [0.25, 0.3) is 5.57 Å². The Balaban J connectivity index is 0.000000187. The fourth-order valence-corrected chi connectivity index (χ4v) is 3.00. The molecular weight excluding hydrogens is 320 g/mol. The van der Waals surface area contributed by atoms with Crippen molar-refractivity contribution < 1.29 is 9.53 Å². The maximum Gasteiger partial charge on any atom is 0.337 e. The molecule has 1 aliphatic carbocycles. The van der Waals surface area contributed by atoms with Crippen LogP contribution < -0.4 is 0 Å². The zero-order valence-electron chi connectivity index (χ0n) is 16.2. The largest absolute Gasteiger partial charge is 0.465 e. The first-order chi connectivity index (χ1) is 12.4. The lowest BCUT2D eigenvalue weighted by atomic mass is 9.74. The van der Waals surface area contributed by atoms with Crippen LogP contribution in [0.3, 0.4) is 0 Å². The van der Waals surface area contributed by atoms with Gasteiger partial charge in [0.05, 0.1) is 12.7 Å². The predicted octanol–water partition coefficient (Wildman–Crippen LogP) is 5.62. The van der Waals surface area contributed by atoms with Gasteiger partial charge in [0.1, 0.15) is 0 Å². The van der Waals surface area contributed by atoms with Gasteiger partial charge in [0.2, 0.25) is 0 Å². The molecule has 0 radical (unpaired) electrons. The molecule has 0 saturated carbocycles. The van der Waals surface area contributed by atoms with Gasteiger partial charge in [-0.05, 0) is 66.6 Å². The monoisotopic (exact) mass is 346 g/mol. The van der Waals surface area contributed by atoms with E-state index in [0.29, 0.717) is 11.0 Å². The van der Waals surface area contributed by atoms with Crippen LogP contribution in [-0.4, -0.2) is 13.1 Å². The Hall–Kier alpha value is -2.79. The Morgan fingerprint density at radius 1 is 1.08 bits per heavy atom. The maximum atomic E-state index is 11.0. The summed E-state index contributed by atoms with van der Waals surface area (Å²) in [5.41, 5.74) is 6.11. The van der Waals surface area contributed by atoms with Crippen molar-refractivity contribution in [2.75, 3.05) is 7.11 Å². The molecule has 0 N–H and O–H groups in total. The van der Waals surface area contributed by atoms with Crippen LogP contribution in [0.1, 0.15) is 61.2 Å². The Morgan fingerprint density at radius 3 is 2.31 bits per heavy atom. The number of hydrogen-bond donors (Lipinski definition) is 0. The number of rotatable bonds is 1. The van der Waals surface area contributed by atoms with E-state index in [1.165, 1.54) is 23.8 Å². The van der Waals surface area contributed by atoms with Gasteiger partial charge in [-0.1, -0.05) is 50.1 Å². The minimum atomic E-state index is -0.323. The first-order valence-corrected chi connectivity index (χ1v) is 8.77. The van der Waals surface area contributed by atoms with Gasteiger partial charge < -0.3 is 4.74 Å². The third-order valence-corrected chi connectivity index (χ3v) is 4.57. The molecule has 2 heteroatoms. The summed E-state index contributed by atoms with van der Waals surface area (Å²) in [6, 6.07) is 15.7. The molecule has 0 unspecified atom stereocenters. The number of carbonyl (C=O) groups is 1. The highest BCUT2D eigenvalue weighted by Gasteiger charge is 2.25. The molecule has 0 saturated heterocycles. The van der Waals surface area contributed by atoms with Gasteiger partial charge in [-0.2, -0.15) is 0 Å². The van der Waals surface area contributed by atoms with E-state index in [0.717, 1.165) is 12.0 Å². The average Bonchev–Trinajstić information content (AvgIpc) is 2.66. The maximum absolute atomic E-state index is 11.0. The molecule has 2 aromatic rings. The van der Waals surface area contributed by atoms with Crippen molar-refractivity contribution >= 4 is 11.5 Å². The standard InChI is InChI=1S/C13H16.C11H10O2/c1-10-8-9-13(2,3)12-7-5-4-6-11(10)12;1-3-4-9-5-7-10(8-6-9)11(12)13-2/h4-8H,9H2,1-3H3;5-8H,1-2H3. The minimum absolute atomic E-state index is 0.316. The first-order valence-electron chi connectivity index (χ1n) is 8.77. The van der Waals surface area contributed by atoms with Gasteiger partial charge in [-0.25, -0.2) is 4.79 Å². The SMILES string of the molecule is CC#Cc1ccc(C(=O)OC)cc1.CC1=CCC(C)(C)c2ccccc21. The summed E-state index contributed by atoms with van der Waals surface area (Å²) < 4.78 is 4.56. The molecule has 3 rings (SSSR count). The van der Waals surface area contributed by atoms with E-state index in [4.69, 9.17) is 0 Å². The second-order valence-electron chi connectivity index (χ2n) is 6.96. The zero-order chi connectivity index (χ0) is 19.2. The van der Waals surface area contributed by atoms with Crippen LogP contribution in [-0.2, 0) is 10.2 Å². The van der Waals surface area contributed by atoms with Gasteiger partial charge >= 0.3 is 5.97 Å². The van der Waals surface area contributed by atoms with Gasteiger partial charge in [0.25, 0.3) is 0 Å². The van der Waals surface area contributed by atoms with E-state index >= 15 is 0 Å². The van der Waals surface area contributed by atoms with E-state index < -0.39 is 0 Å². The van der Waals surface area contributed by atoms with E-state index in [1.54, 1.807) is 31.2 Å². The lowest BCUT2D eigenvalue weighted by Crippen LogP contribution is -2.20.